The number of carbonyl (C=O) groups excluding carboxylic acids is 1. The van der Waals surface area contributed by atoms with E-state index in [-0.39, 0.29) is 24.4 Å². The molecular weight excluding hydrogens is 378 g/mol. The van der Waals surface area contributed by atoms with Gasteiger partial charge in [-0.1, -0.05) is 6.42 Å². The summed E-state index contributed by atoms with van der Waals surface area (Å²) in [6, 6.07) is 2.80. The SMILES string of the molecule is CC(C)n1cc(Br)cc1C(=O)NC1C2CCCC1CC(N)C2.Cl. The van der Waals surface area contributed by atoms with Gasteiger partial charge >= 0.3 is 0 Å². The Labute approximate surface area is 153 Å². The van der Waals surface area contributed by atoms with Crippen LogP contribution in [0.1, 0.15) is 62.5 Å². The van der Waals surface area contributed by atoms with E-state index in [2.05, 4.69) is 35.1 Å². The molecule has 0 saturated heterocycles. The van der Waals surface area contributed by atoms with E-state index in [4.69, 9.17) is 5.73 Å². The molecule has 4 nitrogen and oxygen atoms in total. The molecule has 6 heteroatoms. The minimum Gasteiger partial charge on any atom is -0.347 e. The van der Waals surface area contributed by atoms with Crippen LogP contribution in [0.15, 0.2) is 16.7 Å². The molecule has 1 aromatic rings. The molecule has 1 aromatic heterocycles. The molecular formula is C17H27BrClN3O. The van der Waals surface area contributed by atoms with Gasteiger partial charge in [-0.3, -0.25) is 4.79 Å². The fourth-order valence-corrected chi connectivity index (χ4v) is 4.74. The number of hydrogen-bond acceptors (Lipinski definition) is 2. The Morgan fingerprint density at radius 2 is 1.96 bits per heavy atom. The molecule has 2 atom stereocenters. The summed E-state index contributed by atoms with van der Waals surface area (Å²) >= 11 is 3.48. The van der Waals surface area contributed by atoms with Gasteiger partial charge in [0.05, 0.1) is 0 Å². The van der Waals surface area contributed by atoms with Crippen molar-refractivity contribution in [1.82, 2.24) is 9.88 Å². The second-order valence-electron chi connectivity index (χ2n) is 7.23. The van der Waals surface area contributed by atoms with Crippen molar-refractivity contribution in [2.24, 2.45) is 17.6 Å². The Morgan fingerprint density at radius 3 is 2.52 bits per heavy atom. The molecule has 3 rings (SSSR count). The summed E-state index contributed by atoms with van der Waals surface area (Å²) in [5.41, 5.74) is 6.92. The first-order valence-electron chi connectivity index (χ1n) is 8.39. The molecule has 1 heterocycles. The Morgan fingerprint density at radius 1 is 1.35 bits per heavy atom. The zero-order valence-corrected chi connectivity index (χ0v) is 16.2. The average molecular weight is 405 g/mol. The normalized spacial score (nSPS) is 30.0. The monoisotopic (exact) mass is 403 g/mol. The van der Waals surface area contributed by atoms with E-state index in [1.165, 1.54) is 19.3 Å². The van der Waals surface area contributed by atoms with Crippen LogP contribution < -0.4 is 11.1 Å². The molecule has 2 aliphatic carbocycles. The number of hydrogen-bond donors (Lipinski definition) is 2. The van der Waals surface area contributed by atoms with Crippen molar-refractivity contribution in [3.05, 3.63) is 22.4 Å². The number of amides is 1. The second kappa shape index (κ2) is 7.58. The van der Waals surface area contributed by atoms with Crippen LogP contribution in [-0.4, -0.2) is 22.6 Å². The summed E-state index contributed by atoms with van der Waals surface area (Å²) in [7, 11) is 0. The third-order valence-electron chi connectivity index (χ3n) is 5.28. The fraction of sp³-hybridized carbons (Fsp3) is 0.706. The molecule has 2 bridgehead atoms. The third kappa shape index (κ3) is 3.94. The smallest absolute Gasteiger partial charge is 0.268 e. The van der Waals surface area contributed by atoms with Gasteiger partial charge in [-0.2, -0.15) is 0 Å². The molecule has 0 radical (unpaired) electrons. The molecule has 2 unspecified atom stereocenters. The van der Waals surface area contributed by atoms with Gasteiger partial charge in [-0.05, 0) is 73.4 Å². The van der Waals surface area contributed by atoms with E-state index in [1.807, 2.05) is 16.8 Å². The predicted octanol–water partition coefficient (Wildman–Crippen LogP) is 3.89. The highest BCUT2D eigenvalue weighted by Gasteiger charge is 2.40. The molecule has 0 aromatic carbocycles. The summed E-state index contributed by atoms with van der Waals surface area (Å²) in [6.07, 6.45) is 7.76. The average Bonchev–Trinajstić information content (AvgIpc) is 2.82. The van der Waals surface area contributed by atoms with E-state index < -0.39 is 0 Å². The van der Waals surface area contributed by atoms with Crippen molar-refractivity contribution < 1.29 is 4.79 Å². The van der Waals surface area contributed by atoms with E-state index in [9.17, 15) is 4.79 Å². The molecule has 0 aliphatic heterocycles. The number of nitrogens with one attached hydrogen (secondary N) is 1. The van der Waals surface area contributed by atoms with Crippen LogP contribution in [-0.2, 0) is 0 Å². The highest BCUT2D eigenvalue weighted by atomic mass is 79.9. The number of carbonyl (C=O) groups is 1. The van der Waals surface area contributed by atoms with E-state index in [0.29, 0.717) is 23.9 Å². The largest absolute Gasteiger partial charge is 0.347 e. The van der Waals surface area contributed by atoms with Crippen LogP contribution in [0.25, 0.3) is 0 Å². The highest BCUT2D eigenvalue weighted by Crippen LogP contribution is 2.39. The van der Waals surface area contributed by atoms with Crippen molar-refractivity contribution in [3.63, 3.8) is 0 Å². The fourth-order valence-electron chi connectivity index (χ4n) is 4.31. The molecule has 0 spiro atoms. The first-order chi connectivity index (χ1) is 10.5. The molecule has 23 heavy (non-hydrogen) atoms. The Kier molecular flexibility index (Phi) is 6.20. The van der Waals surface area contributed by atoms with Crippen LogP contribution in [0.2, 0.25) is 0 Å². The quantitative estimate of drug-likeness (QED) is 0.803. The van der Waals surface area contributed by atoms with Gasteiger partial charge in [-0.25, -0.2) is 0 Å². The summed E-state index contributed by atoms with van der Waals surface area (Å²) in [4.78, 5) is 12.8. The van der Waals surface area contributed by atoms with Crippen molar-refractivity contribution >= 4 is 34.2 Å². The van der Waals surface area contributed by atoms with E-state index >= 15 is 0 Å². The first-order valence-corrected chi connectivity index (χ1v) is 9.19. The van der Waals surface area contributed by atoms with Gasteiger partial charge < -0.3 is 15.6 Å². The Hall–Kier alpha value is -0.520. The summed E-state index contributed by atoms with van der Waals surface area (Å²) in [5, 5.41) is 3.33. The number of rotatable bonds is 3. The molecule has 130 valence electrons. The topological polar surface area (TPSA) is 60.0 Å². The van der Waals surface area contributed by atoms with E-state index in [1.54, 1.807) is 0 Å². The predicted molar refractivity (Wildman–Crippen MR) is 99.1 cm³/mol. The maximum Gasteiger partial charge on any atom is 0.268 e. The number of nitrogens with zero attached hydrogens (tertiary/aromatic N) is 1. The molecule has 3 N–H and O–H groups in total. The Bertz CT molecular complexity index is 546. The Balaban J connectivity index is 0.00000192. The van der Waals surface area contributed by atoms with Crippen molar-refractivity contribution in [1.29, 1.82) is 0 Å². The lowest BCUT2D eigenvalue weighted by atomic mass is 9.67. The first kappa shape index (κ1) is 18.8. The van der Waals surface area contributed by atoms with Crippen LogP contribution in [0.4, 0.5) is 0 Å². The maximum atomic E-state index is 12.8. The van der Waals surface area contributed by atoms with Crippen LogP contribution >= 0.6 is 28.3 Å². The van der Waals surface area contributed by atoms with Gasteiger partial charge in [-0.15, -0.1) is 12.4 Å². The third-order valence-corrected chi connectivity index (χ3v) is 5.71. The second-order valence-corrected chi connectivity index (χ2v) is 8.14. The van der Waals surface area contributed by atoms with Gasteiger partial charge in [0, 0.05) is 28.8 Å². The summed E-state index contributed by atoms with van der Waals surface area (Å²) in [6.45, 7) is 4.19. The van der Waals surface area contributed by atoms with Crippen LogP contribution in [0, 0.1) is 11.8 Å². The molecule has 2 saturated carbocycles. The standard InChI is InChI=1S/C17H26BrN3O.ClH/c1-10(2)21-9-13(18)8-15(21)17(22)20-16-11-4-3-5-12(16)7-14(19)6-11;/h8-12,14,16H,3-7,19H2,1-2H3,(H,20,22);1H. The summed E-state index contributed by atoms with van der Waals surface area (Å²) < 4.78 is 2.99. The van der Waals surface area contributed by atoms with E-state index in [0.717, 1.165) is 23.0 Å². The van der Waals surface area contributed by atoms with Gasteiger partial charge in [0.1, 0.15) is 5.69 Å². The van der Waals surface area contributed by atoms with Crippen molar-refractivity contribution in [2.45, 2.75) is 64.1 Å². The van der Waals surface area contributed by atoms with Crippen molar-refractivity contribution in [2.75, 3.05) is 0 Å². The molecule has 1 amide bonds. The van der Waals surface area contributed by atoms with Crippen molar-refractivity contribution in [3.8, 4) is 0 Å². The number of aromatic nitrogens is 1. The van der Waals surface area contributed by atoms with Gasteiger partial charge in [0.2, 0.25) is 0 Å². The lowest BCUT2D eigenvalue weighted by Gasteiger charge is -2.45. The summed E-state index contributed by atoms with van der Waals surface area (Å²) in [5.74, 6) is 1.16. The zero-order valence-electron chi connectivity index (χ0n) is 13.8. The number of halogens is 2. The molecule has 2 fully saturated rings. The van der Waals surface area contributed by atoms with Gasteiger partial charge in [0.25, 0.3) is 5.91 Å². The maximum absolute atomic E-state index is 12.8. The molecule has 2 aliphatic rings. The zero-order chi connectivity index (χ0) is 15.9. The number of nitrogens with two attached hydrogens (primary N) is 1. The van der Waals surface area contributed by atoms with Crippen LogP contribution in [0.5, 0.6) is 0 Å². The van der Waals surface area contributed by atoms with Crippen LogP contribution in [0.3, 0.4) is 0 Å². The minimum atomic E-state index is 0. The minimum absolute atomic E-state index is 0. The lowest BCUT2D eigenvalue weighted by molar-refractivity contribution is 0.0747. The number of fused-ring (bicyclic) bond motifs is 2. The lowest BCUT2D eigenvalue weighted by Crippen LogP contribution is -2.53. The highest BCUT2D eigenvalue weighted by molar-refractivity contribution is 9.10. The van der Waals surface area contributed by atoms with Gasteiger partial charge in [0.15, 0.2) is 0 Å².